The van der Waals surface area contributed by atoms with Gasteiger partial charge in [0.1, 0.15) is 17.2 Å². The molecule has 0 heterocycles. The molecule has 0 radical (unpaired) electrons. The third kappa shape index (κ3) is 4.28. The molecular weight excluding hydrogens is 364 g/mol. The maximum Gasteiger partial charge on any atom is 0.322 e. The Morgan fingerprint density at radius 3 is 2.61 bits per heavy atom. The van der Waals surface area contributed by atoms with E-state index < -0.39 is 4.83 Å². The van der Waals surface area contributed by atoms with E-state index in [1.807, 2.05) is 18.2 Å². The molecule has 1 rings (SSSR count). The van der Waals surface area contributed by atoms with Gasteiger partial charge < -0.3 is 9.47 Å². The van der Waals surface area contributed by atoms with Crippen LogP contribution in [-0.4, -0.2) is 24.5 Å². The molecule has 1 aromatic carbocycles. The highest BCUT2D eigenvalue weighted by molar-refractivity contribution is 9.10. The van der Waals surface area contributed by atoms with Crippen molar-refractivity contribution in [2.75, 3.05) is 13.7 Å². The SMILES string of the molecule is COC(=O)C(Br)COc1ccc(Br)cc1C(C)C. The van der Waals surface area contributed by atoms with Crippen LogP contribution in [0.15, 0.2) is 22.7 Å². The number of ether oxygens (including phenoxy) is 2. The van der Waals surface area contributed by atoms with Crippen LogP contribution in [0.1, 0.15) is 25.3 Å². The van der Waals surface area contributed by atoms with Gasteiger partial charge in [0.05, 0.1) is 7.11 Å². The Morgan fingerprint density at radius 1 is 1.39 bits per heavy atom. The number of rotatable bonds is 5. The van der Waals surface area contributed by atoms with E-state index in [-0.39, 0.29) is 12.6 Å². The zero-order valence-corrected chi connectivity index (χ0v) is 13.7. The molecule has 0 spiro atoms. The van der Waals surface area contributed by atoms with Crippen molar-refractivity contribution < 1.29 is 14.3 Å². The van der Waals surface area contributed by atoms with Crippen molar-refractivity contribution in [2.24, 2.45) is 0 Å². The third-order valence-electron chi connectivity index (χ3n) is 2.44. The smallest absolute Gasteiger partial charge is 0.322 e. The predicted octanol–water partition coefficient (Wildman–Crippen LogP) is 3.89. The molecule has 100 valence electrons. The molecule has 3 nitrogen and oxygen atoms in total. The number of carbonyl (C=O) groups excluding carboxylic acids is 1. The lowest BCUT2D eigenvalue weighted by Gasteiger charge is -2.16. The molecule has 1 aromatic rings. The molecular formula is C13H16Br2O3. The first-order chi connectivity index (χ1) is 8.45. The van der Waals surface area contributed by atoms with Gasteiger partial charge >= 0.3 is 5.97 Å². The van der Waals surface area contributed by atoms with Crippen LogP contribution < -0.4 is 4.74 Å². The van der Waals surface area contributed by atoms with Gasteiger partial charge in [-0.25, -0.2) is 0 Å². The second-order valence-corrected chi connectivity index (χ2v) is 6.16. The monoisotopic (exact) mass is 378 g/mol. The van der Waals surface area contributed by atoms with Crippen LogP contribution in [0.3, 0.4) is 0 Å². The molecule has 1 atom stereocenters. The lowest BCUT2D eigenvalue weighted by atomic mass is 10.0. The first kappa shape index (κ1) is 15.5. The molecule has 0 N–H and O–H groups in total. The van der Waals surface area contributed by atoms with Crippen molar-refractivity contribution in [3.63, 3.8) is 0 Å². The minimum atomic E-state index is -0.453. The zero-order chi connectivity index (χ0) is 13.7. The van der Waals surface area contributed by atoms with Crippen LogP contribution in [0.25, 0.3) is 0 Å². The topological polar surface area (TPSA) is 35.5 Å². The predicted molar refractivity (Wildman–Crippen MR) is 78.5 cm³/mol. The van der Waals surface area contributed by atoms with E-state index in [0.717, 1.165) is 15.8 Å². The summed E-state index contributed by atoms with van der Waals surface area (Å²) in [5.74, 6) is 0.809. The fraction of sp³-hybridized carbons (Fsp3) is 0.462. The summed E-state index contributed by atoms with van der Waals surface area (Å²) in [7, 11) is 1.36. The van der Waals surface area contributed by atoms with Gasteiger partial charge in [0.25, 0.3) is 0 Å². The summed E-state index contributed by atoms with van der Waals surface area (Å²) >= 11 is 6.67. The molecule has 0 aromatic heterocycles. The molecule has 0 bridgehead atoms. The standard InChI is InChI=1S/C13H16Br2O3/c1-8(2)10-6-9(14)4-5-12(10)18-7-11(15)13(16)17-3/h4-6,8,11H,7H2,1-3H3. The van der Waals surface area contributed by atoms with Crippen LogP contribution >= 0.6 is 31.9 Å². The fourth-order valence-corrected chi connectivity index (χ4v) is 2.16. The number of hydrogen-bond acceptors (Lipinski definition) is 3. The molecule has 0 saturated heterocycles. The first-order valence-electron chi connectivity index (χ1n) is 5.59. The molecule has 0 amide bonds. The zero-order valence-electron chi connectivity index (χ0n) is 10.6. The van der Waals surface area contributed by atoms with Crippen molar-refractivity contribution >= 4 is 37.8 Å². The van der Waals surface area contributed by atoms with Crippen LogP contribution in [-0.2, 0) is 9.53 Å². The Kier molecular flexibility index (Phi) is 6.15. The van der Waals surface area contributed by atoms with Crippen molar-refractivity contribution in [3.05, 3.63) is 28.2 Å². The largest absolute Gasteiger partial charge is 0.492 e. The summed E-state index contributed by atoms with van der Waals surface area (Å²) in [6.45, 7) is 4.44. The van der Waals surface area contributed by atoms with E-state index >= 15 is 0 Å². The molecule has 0 saturated carbocycles. The van der Waals surface area contributed by atoms with Gasteiger partial charge in [-0.1, -0.05) is 45.7 Å². The van der Waals surface area contributed by atoms with Crippen LogP contribution in [0, 0.1) is 0 Å². The number of methoxy groups -OCH3 is 1. The Bertz CT molecular complexity index is 419. The molecule has 0 aliphatic carbocycles. The summed E-state index contributed by atoms with van der Waals surface area (Å²) in [6, 6.07) is 5.85. The number of alkyl halides is 1. The normalized spacial score (nSPS) is 12.3. The summed E-state index contributed by atoms with van der Waals surface area (Å²) in [5.41, 5.74) is 1.11. The quantitative estimate of drug-likeness (QED) is 0.575. The average Bonchev–Trinajstić information content (AvgIpc) is 2.35. The van der Waals surface area contributed by atoms with Gasteiger partial charge in [-0.05, 0) is 29.7 Å². The van der Waals surface area contributed by atoms with Crippen molar-refractivity contribution in [1.29, 1.82) is 0 Å². The number of benzene rings is 1. The van der Waals surface area contributed by atoms with Crippen molar-refractivity contribution in [3.8, 4) is 5.75 Å². The summed E-state index contributed by atoms with van der Waals surface area (Å²) < 4.78 is 11.3. The second-order valence-electron chi connectivity index (χ2n) is 4.14. The Hall–Kier alpha value is -0.550. The van der Waals surface area contributed by atoms with Crippen LogP contribution in [0.5, 0.6) is 5.75 Å². The number of esters is 1. The van der Waals surface area contributed by atoms with Gasteiger partial charge in [-0.3, -0.25) is 4.79 Å². The molecule has 5 heteroatoms. The highest BCUT2D eigenvalue weighted by Gasteiger charge is 2.17. The van der Waals surface area contributed by atoms with Gasteiger partial charge in [0.15, 0.2) is 0 Å². The van der Waals surface area contributed by atoms with E-state index in [9.17, 15) is 4.79 Å². The van der Waals surface area contributed by atoms with E-state index in [4.69, 9.17) is 4.74 Å². The van der Waals surface area contributed by atoms with E-state index in [0.29, 0.717) is 5.92 Å². The van der Waals surface area contributed by atoms with Crippen molar-refractivity contribution in [2.45, 2.75) is 24.6 Å². The average molecular weight is 380 g/mol. The lowest BCUT2D eigenvalue weighted by Crippen LogP contribution is -2.23. The maximum absolute atomic E-state index is 11.2. The number of carbonyl (C=O) groups is 1. The second kappa shape index (κ2) is 7.14. The highest BCUT2D eigenvalue weighted by Crippen LogP contribution is 2.29. The Balaban J connectivity index is 2.75. The van der Waals surface area contributed by atoms with Crippen LogP contribution in [0.4, 0.5) is 0 Å². The molecule has 18 heavy (non-hydrogen) atoms. The molecule has 0 aliphatic rings. The number of hydrogen-bond donors (Lipinski definition) is 0. The molecule has 0 aliphatic heterocycles. The van der Waals surface area contributed by atoms with Gasteiger partial charge in [0, 0.05) is 4.47 Å². The first-order valence-corrected chi connectivity index (χ1v) is 7.30. The minimum Gasteiger partial charge on any atom is -0.492 e. The fourth-order valence-electron chi connectivity index (χ4n) is 1.46. The van der Waals surface area contributed by atoms with E-state index in [2.05, 4.69) is 50.4 Å². The maximum atomic E-state index is 11.2. The Labute approximate surface area is 124 Å². The van der Waals surface area contributed by atoms with E-state index in [1.54, 1.807) is 0 Å². The summed E-state index contributed by atoms with van der Waals surface area (Å²) in [5, 5.41) is 0. The third-order valence-corrected chi connectivity index (χ3v) is 3.57. The van der Waals surface area contributed by atoms with Crippen molar-refractivity contribution in [1.82, 2.24) is 0 Å². The summed E-state index contributed by atoms with van der Waals surface area (Å²) in [4.78, 5) is 10.8. The lowest BCUT2D eigenvalue weighted by molar-refractivity contribution is -0.140. The minimum absolute atomic E-state index is 0.244. The Morgan fingerprint density at radius 2 is 2.06 bits per heavy atom. The number of halogens is 2. The molecule has 1 unspecified atom stereocenters. The van der Waals surface area contributed by atoms with Crippen LogP contribution in [0.2, 0.25) is 0 Å². The van der Waals surface area contributed by atoms with E-state index in [1.165, 1.54) is 7.11 Å². The highest BCUT2D eigenvalue weighted by atomic mass is 79.9. The van der Waals surface area contributed by atoms with Gasteiger partial charge in [-0.15, -0.1) is 0 Å². The molecule has 0 fully saturated rings. The van der Waals surface area contributed by atoms with Gasteiger partial charge in [0.2, 0.25) is 0 Å². The summed E-state index contributed by atoms with van der Waals surface area (Å²) in [6.07, 6.45) is 0. The van der Waals surface area contributed by atoms with Gasteiger partial charge in [-0.2, -0.15) is 0 Å².